The first-order valence-corrected chi connectivity index (χ1v) is 11.4. The maximum absolute atomic E-state index is 16.0. The third-order valence-electron chi connectivity index (χ3n) is 6.53. The van der Waals surface area contributed by atoms with Crippen LogP contribution in [0.5, 0.6) is 0 Å². The van der Waals surface area contributed by atoms with Crippen LogP contribution in [0.15, 0.2) is 42.6 Å². The molecule has 1 fully saturated rings. The monoisotopic (exact) mass is 474 g/mol. The van der Waals surface area contributed by atoms with E-state index < -0.39 is 17.5 Å². The van der Waals surface area contributed by atoms with Crippen molar-refractivity contribution in [3.05, 3.63) is 65.5 Å². The van der Waals surface area contributed by atoms with Crippen molar-refractivity contribution in [2.75, 3.05) is 19.6 Å². The third-order valence-corrected chi connectivity index (χ3v) is 6.53. The topological polar surface area (TPSA) is 87.7 Å². The van der Waals surface area contributed by atoms with Crippen molar-refractivity contribution in [2.24, 2.45) is 20.0 Å². The van der Waals surface area contributed by atoms with Gasteiger partial charge in [0.25, 0.3) is 5.91 Å². The maximum atomic E-state index is 16.0. The molecule has 35 heavy (non-hydrogen) atoms. The SMILES string of the molecule is Cn1cc2cc(-c3c(-c4ccc(C#N)c(F)c4)c(F)c(C(=O)NCC4CCNC4)n3C)ccc2n1. The lowest BCUT2D eigenvalue weighted by Crippen LogP contribution is -2.32. The van der Waals surface area contributed by atoms with Crippen molar-refractivity contribution in [1.29, 1.82) is 5.26 Å². The number of nitrogens with one attached hydrogen (secondary N) is 2. The van der Waals surface area contributed by atoms with Crippen LogP contribution in [0, 0.1) is 28.9 Å². The molecule has 1 aliphatic rings. The molecular formula is C26H24F2N6O. The average Bonchev–Trinajstić information content (AvgIpc) is 3.54. The number of aromatic nitrogens is 3. The standard InChI is InChI=1S/C26H24F2N6O/c1-33-14-19-9-17(5-6-21(19)32-33)24-22(16-3-4-18(11-29)20(27)10-16)23(28)25(34(24)2)26(35)31-13-15-7-8-30-12-15/h3-6,9-10,14-15,30H,7-8,12-13H2,1-2H3,(H,31,35). The molecule has 0 spiro atoms. The molecule has 0 saturated carbocycles. The fourth-order valence-electron chi connectivity index (χ4n) is 4.77. The summed E-state index contributed by atoms with van der Waals surface area (Å²) in [7, 11) is 3.44. The summed E-state index contributed by atoms with van der Waals surface area (Å²) in [5.74, 6) is -1.72. The fraction of sp³-hybridized carbons (Fsp3) is 0.269. The van der Waals surface area contributed by atoms with E-state index in [1.807, 2.05) is 25.4 Å². The molecule has 1 atom stereocenters. The lowest BCUT2D eigenvalue weighted by molar-refractivity contribution is 0.0936. The third kappa shape index (κ3) is 4.06. The number of hydrogen-bond acceptors (Lipinski definition) is 4. The summed E-state index contributed by atoms with van der Waals surface area (Å²) in [6.45, 7) is 2.14. The molecule has 1 saturated heterocycles. The van der Waals surface area contributed by atoms with E-state index in [1.165, 1.54) is 16.7 Å². The highest BCUT2D eigenvalue weighted by Gasteiger charge is 2.29. The predicted molar refractivity (Wildman–Crippen MR) is 128 cm³/mol. The van der Waals surface area contributed by atoms with Gasteiger partial charge in [0.05, 0.1) is 16.8 Å². The number of rotatable bonds is 5. The van der Waals surface area contributed by atoms with Crippen LogP contribution < -0.4 is 10.6 Å². The molecule has 178 valence electrons. The van der Waals surface area contributed by atoms with Crippen LogP contribution in [0.1, 0.15) is 22.5 Å². The Labute approximate surface area is 201 Å². The van der Waals surface area contributed by atoms with E-state index >= 15 is 4.39 Å². The number of carbonyl (C=O) groups is 1. The van der Waals surface area contributed by atoms with E-state index in [0.29, 0.717) is 23.7 Å². The molecule has 9 heteroatoms. The molecule has 1 amide bonds. The van der Waals surface area contributed by atoms with E-state index in [9.17, 15) is 9.18 Å². The smallest absolute Gasteiger partial charge is 0.271 e. The number of fused-ring (bicyclic) bond motifs is 1. The first kappa shape index (κ1) is 22.7. The van der Waals surface area contributed by atoms with Crippen LogP contribution in [0.3, 0.4) is 0 Å². The molecule has 0 bridgehead atoms. The van der Waals surface area contributed by atoms with Gasteiger partial charge in [0.15, 0.2) is 5.82 Å². The quantitative estimate of drug-likeness (QED) is 0.461. The summed E-state index contributed by atoms with van der Waals surface area (Å²) in [6.07, 6.45) is 2.80. The average molecular weight is 475 g/mol. The molecule has 3 heterocycles. The van der Waals surface area contributed by atoms with E-state index in [4.69, 9.17) is 5.26 Å². The number of hydrogen-bond donors (Lipinski definition) is 2. The Morgan fingerprint density at radius 3 is 2.74 bits per heavy atom. The lowest BCUT2D eigenvalue weighted by Gasteiger charge is -2.12. The Kier molecular flexibility index (Phi) is 5.83. The van der Waals surface area contributed by atoms with Crippen LogP contribution in [0.25, 0.3) is 33.3 Å². The second-order valence-corrected chi connectivity index (χ2v) is 8.90. The maximum Gasteiger partial charge on any atom is 0.271 e. The second-order valence-electron chi connectivity index (χ2n) is 8.90. The van der Waals surface area contributed by atoms with Crippen molar-refractivity contribution < 1.29 is 13.6 Å². The van der Waals surface area contributed by atoms with Gasteiger partial charge in [0.2, 0.25) is 0 Å². The highest BCUT2D eigenvalue weighted by molar-refractivity contribution is 5.99. The molecule has 7 nitrogen and oxygen atoms in total. The molecule has 0 radical (unpaired) electrons. The lowest BCUT2D eigenvalue weighted by atomic mass is 9.98. The number of nitrogens with zero attached hydrogens (tertiary/aromatic N) is 4. The zero-order valence-electron chi connectivity index (χ0n) is 19.4. The molecule has 2 aromatic heterocycles. The van der Waals surface area contributed by atoms with E-state index in [2.05, 4.69) is 15.7 Å². The highest BCUT2D eigenvalue weighted by atomic mass is 19.1. The minimum atomic E-state index is -0.748. The number of benzene rings is 2. The molecule has 1 aliphatic heterocycles. The van der Waals surface area contributed by atoms with Crippen molar-refractivity contribution in [3.63, 3.8) is 0 Å². The minimum absolute atomic E-state index is 0.104. The van der Waals surface area contributed by atoms with Gasteiger partial charge in [-0.1, -0.05) is 12.1 Å². The zero-order valence-corrected chi connectivity index (χ0v) is 19.4. The van der Waals surface area contributed by atoms with Crippen molar-refractivity contribution >= 4 is 16.8 Å². The van der Waals surface area contributed by atoms with Gasteiger partial charge in [-0.3, -0.25) is 9.48 Å². The van der Waals surface area contributed by atoms with Crippen LogP contribution >= 0.6 is 0 Å². The Hall–Kier alpha value is -4.03. The van der Waals surface area contributed by atoms with Gasteiger partial charge >= 0.3 is 0 Å². The molecular weight excluding hydrogens is 450 g/mol. The number of nitriles is 1. The van der Waals surface area contributed by atoms with Crippen LogP contribution in [-0.4, -0.2) is 39.9 Å². The van der Waals surface area contributed by atoms with Crippen molar-refractivity contribution in [1.82, 2.24) is 25.0 Å². The highest BCUT2D eigenvalue weighted by Crippen LogP contribution is 2.39. The summed E-state index contributed by atoms with van der Waals surface area (Å²) >= 11 is 0. The molecule has 5 rings (SSSR count). The second kappa shape index (κ2) is 8.96. The van der Waals surface area contributed by atoms with E-state index in [0.717, 1.165) is 36.5 Å². The van der Waals surface area contributed by atoms with Gasteiger partial charge in [0.1, 0.15) is 17.6 Å². The minimum Gasteiger partial charge on any atom is -0.350 e. The fourth-order valence-corrected chi connectivity index (χ4v) is 4.77. The Balaban J connectivity index is 1.65. The Bertz CT molecular complexity index is 1490. The number of halogens is 2. The van der Waals surface area contributed by atoms with E-state index in [-0.39, 0.29) is 22.4 Å². The Morgan fingerprint density at radius 2 is 2.03 bits per heavy atom. The molecule has 0 aliphatic carbocycles. The first-order chi connectivity index (χ1) is 16.9. The van der Waals surface area contributed by atoms with Gasteiger partial charge in [-0.2, -0.15) is 10.4 Å². The molecule has 1 unspecified atom stereocenters. The number of aryl methyl sites for hydroxylation is 1. The van der Waals surface area contributed by atoms with Crippen molar-refractivity contribution in [3.8, 4) is 28.5 Å². The molecule has 2 N–H and O–H groups in total. The Morgan fingerprint density at radius 1 is 1.23 bits per heavy atom. The number of amides is 1. The summed E-state index contributed by atoms with van der Waals surface area (Å²) in [4.78, 5) is 13.1. The van der Waals surface area contributed by atoms with Gasteiger partial charge < -0.3 is 15.2 Å². The van der Waals surface area contributed by atoms with E-state index in [1.54, 1.807) is 23.9 Å². The number of carbonyl (C=O) groups excluding carboxylic acids is 1. The van der Waals surface area contributed by atoms with Gasteiger partial charge in [-0.15, -0.1) is 0 Å². The molecule has 4 aromatic rings. The first-order valence-electron chi connectivity index (χ1n) is 11.4. The summed E-state index contributed by atoms with van der Waals surface area (Å²) in [5, 5.41) is 20.4. The van der Waals surface area contributed by atoms with Crippen LogP contribution in [0.2, 0.25) is 0 Å². The zero-order chi connectivity index (χ0) is 24.7. The van der Waals surface area contributed by atoms with Crippen LogP contribution in [0.4, 0.5) is 8.78 Å². The predicted octanol–water partition coefficient (Wildman–Crippen LogP) is 3.73. The summed E-state index contributed by atoms with van der Waals surface area (Å²) in [5.41, 5.74) is 1.96. The normalized spacial score (nSPS) is 15.5. The summed E-state index contributed by atoms with van der Waals surface area (Å²) in [6, 6.07) is 11.2. The largest absolute Gasteiger partial charge is 0.350 e. The van der Waals surface area contributed by atoms with Crippen molar-refractivity contribution in [2.45, 2.75) is 6.42 Å². The van der Waals surface area contributed by atoms with Gasteiger partial charge in [0, 0.05) is 37.8 Å². The van der Waals surface area contributed by atoms with Gasteiger partial charge in [-0.05, 0) is 60.8 Å². The van der Waals surface area contributed by atoms with Gasteiger partial charge in [-0.25, -0.2) is 8.78 Å². The summed E-state index contributed by atoms with van der Waals surface area (Å²) < 4.78 is 33.7. The van der Waals surface area contributed by atoms with Crippen LogP contribution in [-0.2, 0) is 14.1 Å². The molecule has 2 aromatic carbocycles.